The number of nitriles is 2. The molecule has 20 heavy (non-hydrogen) atoms. The summed E-state index contributed by atoms with van der Waals surface area (Å²) < 4.78 is 0. The van der Waals surface area contributed by atoms with E-state index in [0.29, 0.717) is 11.1 Å². The highest BCUT2D eigenvalue weighted by molar-refractivity contribution is 6.17. The van der Waals surface area contributed by atoms with Gasteiger partial charge in [0.1, 0.15) is 12.1 Å². The van der Waals surface area contributed by atoms with Crippen LogP contribution < -0.4 is 0 Å². The molecule has 0 unspecified atom stereocenters. The van der Waals surface area contributed by atoms with Crippen LogP contribution in [0.3, 0.4) is 0 Å². The quantitative estimate of drug-likeness (QED) is 0.470. The molecule has 0 radical (unpaired) electrons. The zero-order chi connectivity index (χ0) is 13.7. The Hall–Kier alpha value is -3.10. The van der Waals surface area contributed by atoms with Gasteiger partial charge in [0.05, 0.1) is 11.1 Å². The molecule has 0 saturated carbocycles. The van der Waals surface area contributed by atoms with Gasteiger partial charge >= 0.3 is 0 Å². The Bertz CT molecular complexity index is 969. The van der Waals surface area contributed by atoms with Gasteiger partial charge in [-0.1, -0.05) is 42.5 Å². The lowest BCUT2D eigenvalue weighted by Gasteiger charge is -2.06. The fourth-order valence-corrected chi connectivity index (χ4v) is 3.09. The molecule has 0 atom stereocenters. The molecule has 3 aromatic rings. The molecule has 2 nitrogen and oxygen atoms in total. The summed E-state index contributed by atoms with van der Waals surface area (Å²) in [5.41, 5.74) is 5.18. The minimum absolute atomic E-state index is 0.448. The Morgan fingerprint density at radius 1 is 0.750 bits per heavy atom. The van der Waals surface area contributed by atoms with E-state index in [2.05, 4.69) is 24.3 Å². The SMILES string of the molecule is N#Cc1cc2cccc3c2c(c1C#N)-c1ccccc1-3. The van der Waals surface area contributed by atoms with E-state index >= 15 is 0 Å². The Morgan fingerprint density at radius 2 is 1.50 bits per heavy atom. The first-order valence-electron chi connectivity index (χ1n) is 6.35. The van der Waals surface area contributed by atoms with E-state index in [4.69, 9.17) is 0 Å². The van der Waals surface area contributed by atoms with Crippen molar-refractivity contribution in [3.63, 3.8) is 0 Å². The summed E-state index contributed by atoms with van der Waals surface area (Å²) in [5.74, 6) is 0. The zero-order valence-corrected chi connectivity index (χ0v) is 10.5. The lowest BCUT2D eigenvalue weighted by molar-refractivity contribution is 1.45. The van der Waals surface area contributed by atoms with E-state index in [1.165, 1.54) is 0 Å². The molecule has 0 amide bonds. The number of hydrogen-bond acceptors (Lipinski definition) is 2. The first kappa shape index (κ1) is 10.8. The third-order valence-corrected chi connectivity index (χ3v) is 3.88. The van der Waals surface area contributed by atoms with Crippen molar-refractivity contribution in [2.24, 2.45) is 0 Å². The molecule has 0 fully saturated rings. The molecule has 0 aliphatic heterocycles. The summed E-state index contributed by atoms with van der Waals surface area (Å²) in [7, 11) is 0. The number of nitrogens with zero attached hydrogens (tertiary/aromatic N) is 2. The van der Waals surface area contributed by atoms with Gasteiger partial charge in [-0.05, 0) is 33.5 Å². The van der Waals surface area contributed by atoms with Crippen molar-refractivity contribution in [1.29, 1.82) is 10.5 Å². The van der Waals surface area contributed by atoms with Crippen LogP contribution in [0.2, 0.25) is 0 Å². The molecule has 1 aliphatic carbocycles. The van der Waals surface area contributed by atoms with Crippen LogP contribution in [0.25, 0.3) is 33.0 Å². The van der Waals surface area contributed by atoms with Gasteiger partial charge in [-0.15, -0.1) is 0 Å². The van der Waals surface area contributed by atoms with Crippen molar-refractivity contribution in [3.05, 3.63) is 59.7 Å². The highest BCUT2D eigenvalue weighted by Crippen LogP contribution is 2.49. The van der Waals surface area contributed by atoms with Gasteiger partial charge in [-0.2, -0.15) is 10.5 Å². The maximum absolute atomic E-state index is 9.47. The fourth-order valence-electron chi connectivity index (χ4n) is 3.09. The summed E-state index contributed by atoms with van der Waals surface area (Å²) in [6.07, 6.45) is 0. The molecule has 0 heterocycles. The minimum Gasteiger partial charge on any atom is -0.192 e. The Morgan fingerprint density at radius 3 is 2.25 bits per heavy atom. The summed E-state index contributed by atoms with van der Waals surface area (Å²) in [4.78, 5) is 0. The molecule has 2 heteroatoms. The van der Waals surface area contributed by atoms with Crippen LogP contribution >= 0.6 is 0 Å². The average Bonchev–Trinajstić information content (AvgIpc) is 2.84. The number of benzene rings is 3. The van der Waals surface area contributed by atoms with E-state index in [-0.39, 0.29) is 0 Å². The predicted octanol–water partition coefficient (Wildman–Crippen LogP) is 4.23. The monoisotopic (exact) mass is 252 g/mol. The molecule has 4 rings (SSSR count). The van der Waals surface area contributed by atoms with Crippen LogP contribution in [0.4, 0.5) is 0 Å². The van der Waals surface area contributed by atoms with Crippen molar-refractivity contribution in [2.75, 3.05) is 0 Å². The fraction of sp³-hybridized carbons (Fsp3) is 0. The van der Waals surface area contributed by atoms with E-state index < -0.39 is 0 Å². The van der Waals surface area contributed by atoms with E-state index in [1.807, 2.05) is 36.4 Å². The lowest BCUT2D eigenvalue weighted by atomic mass is 9.94. The van der Waals surface area contributed by atoms with Crippen molar-refractivity contribution in [2.45, 2.75) is 0 Å². The molecule has 90 valence electrons. The third kappa shape index (κ3) is 1.16. The molecule has 1 aliphatic rings. The van der Waals surface area contributed by atoms with Crippen LogP contribution in [-0.2, 0) is 0 Å². The molecule has 0 aromatic heterocycles. The first-order chi connectivity index (χ1) is 9.85. The first-order valence-corrected chi connectivity index (χ1v) is 6.35. The Labute approximate surface area is 116 Å². The normalized spacial score (nSPS) is 10.9. The Balaban J connectivity index is 2.33. The van der Waals surface area contributed by atoms with Gasteiger partial charge in [-0.25, -0.2) is 0 Å². The summed E-state index contributed by atoms with van der Waals surface area (Å²) in [6, 6.07) is 20.3. The zero-order valence-electron chi connectivity index (χ0n) is 10.5. The van der Waals surface area contributed by atoms with E-state index in [9.17, 15) is 10.5 Å². The highest BCUT2D eigenvalue weighted by atomic mass is 14.3. The van der Waals surface area contributed by atoms with Crippen molar-refractivity contribution in [1.82, 2.24) is 0 Å². The number of fused-ring (bicyclic) bond motifs is 3. The van der Waals surface area contributed by atoms with Gasteiger partial charge in [0.15, 0.2) is 0 Å². The highest BCUT2D eigenvalue weighted by Gasteiger charge is 2.25. The predicted molar refractivity (Wildman–Crippen MR) is 77.8 cm³/mol. The van der Waals surface area contributed by atoms with Crippen molar-refractivity contribution < 1.29 is 0 Å². The second-order valence-electron chi connectivity index (χ2n) is 4.85. The van der Waals surface area contributed by atoms with Crippen LogP contribution in [-0.4, -0.2) is 0 Å². The Kier molecular flexibility index (Phi) is 1.99. The van der Waals surface area contributed by atoms with Crippen LogP contribution in [0.5, 0.6) is 0 Å². The molecule has 0 N–H and O–H groups in total. The summed E-state index contributed by atoms with van der Waals surface area (Å²) in [6.45, 7) is 0. The lowest BCUT2D eigenvalue weighted by Crippen LogP contribution is -1.89. The molecular weight excluding hydrogens is 244 g/mol. The molecule has 0 saturated heterocycles. The van der Waals surface area contributed by atoms with Gasteiger partial charge in [-0.3, -0.25) is 0 Å². The number of hydrogen-bond donors (Lipinski definition) is 0. The largest absolute Gasteiger partial charge is 0.192 e. The smallest absolute Gasteiger partial charge is 0.101 e. The van der Waals surface area contributed by atoms with Gasteiger partial charge in [0.25, 0.3) is 0 Å². The van der Waals surface area contributed by atoms with Crippen LogP contribution in [0.1, 0.15) is 11.1 Å². The minimum atomic E-state index is 0.448. The summed E-state index contributed by atoms with van der Waals surface area (Å²) >= 11 is 0. The second-order valence-corrected chi connectivity index (χ2v) is 4.85. The molecule has 3 aromatic carbocycles. The van der Waals surface area contributed by atoms with Crippen molar-refractivity contribution in [3.8, 4) is 34.4 Å². The van der Waals surface area contributed by atoms with Crippen LogP contribution in [0.15, 0.2) is 48.5 Å². The maximum atomic E-state index is 9.47. The maximum Gasteiger partial charge on any atom is 0.101 e. The van der Waals surface area contributed by atoms with E-state index in [0.717, 1.165) is 33.0 Å². The van der Waals surface area contributed by atoms with Crippen LogP contribution in [0, 0.1) is 22.7 Å². The second kappa shape index (κ2) is 3.70. The van der Waals surface area contributed by atoms with E-state index in [1.54, 1.807) is 0 Å². The van der Waals surface area contributed by atoms with Gasteiger partial charge in [0.2, 0.25) is 0 Å². The van der Waals surface area contributed by atoms with Crippen molar-refractivity contribution >= 4 is 10.8 Å². The molecule has 0 spiro atoms. The number of rotatable bonds is 0. The summed E-state index contributed by atoms with van der Waals surface area (Å²) in [5, 5.41) is 20.9. The standard InChI is InChI=1S/C18H8N2/c19-9-12-8-11-4-3-7-14-13-5-1-2-6-15(13)18(17(11)14)16(12)10-20/h1-8H. The van der Waals surface area contributed by atoms with Gasteiger partial charge < -0.3 is 0 Å². The van der Waals surface area contributed by atoms with Gasteiger partial charge in [0, 0.05) is 5.56 Å². The topological polar surface area (TPSA) is 47.6 Å². The third-order valence-electron chi connectivity index (χ3n) is 3.88. The average molecular weight is 252 g/mol. The molecular formula is C18H8N2. The molecule has 0 bridgehead atoms.